The average Bonchev–Trinajstić information content (AvgIpc) is 2.91. The molecule has 1 saturated carbocycles. The molecule has 0 amide bonds. The Hall–Kier alpha value is -0.660. The molecule has 0 aromatic rings. The summed E-state index contributed by atoms with van der Waals surface area (Å²) < 4.78 is 0. The van der Waals surface area contributed by atoms with Crippen LogP contribution in [0.3, 0.4) is 0 Å². The van der Waals surface area contributed by atoms with Crippen LogP contribution in [0.1, 0.15) is 46.5 Å². The number of azo groups is 1. The van der Waals surface area contributed by atoms with E-state index >= 15 is 0 Å². The van der Waals surface area contributed by atoms with Crippen molar-refractivity contribution in [2.45, 2.75) is 46.5 Å². The molecule has 0 spiro atoms. The highest BCUT2D eigenvalue weighted by atomic mass is 15.1. The van der Waals surface area contributed by atoms with Gasteiger partial charge in [-0.15, -0.1) is 0 Å². The van der Waals surface area contributed by atoms with Crippen molar-refractivity contribution in [3.8, 4) is 0 Å². The summed E-state index contributed by atoms with van der Waals surface area (Å²) in [6.45, 7) is 6.99. The fourth-order valence-electron chi connectivity index (χ4n) is 3.58. The van der Waals surface area contributed by atoms with Crippen molar-refractivity contribution in [3.63, 3.8) is 0 Å². The zero-order chi connectivity index (χ0) is 11.7. The Bertz CT molecular complexity index is 315. The van der Waals surface area contributed by atoms with E-state index in [4.69, 9.17) is 0 Å². The Kier molecular flexibility index (Phi) is 3.46. The second-order valence-electron chi connectivity index (χ2n) is 5.75. The van der Waals surface area contributed by atoms with Crippen molar-refractivity contribution in [2.24, 2.45) is 33.9 Å². The maximum atomic E-state index is 4.29. The van der Waals surface area contributed by atoms with E-state index in [-0.39, 0.29) is 0 Å². The fourth-order valence-corrected chi connectivity index (χ4v) is 3.58. The third-order valence-corrected chi connectivity index (χ3v) is 4.45. The van der Waals surface area contributed by atoms with Crippen LogP contribution in [0.5, 0.6) is 0 Å². The molecule has 0 heterocycles. The van der Waals surface area contributed by atoms with Crippen molar-refractivity contribution >= 4 is 0 Å². The molecule has 1 fully saturated rings. The minimum absolute atomic E-state index is 0.865. The van der Waals surface area contributed by atoms with Crippen molar-refractivity contribution in [1.29, 1.82) is 0 Å². The average molecular weight is 220 g/mol. The number of nitrogens with zero attached hydrogens (tertiary/aromatic N) is 2. The zero-order valence-corrected chi connectivity index (χ0v) is 11.0. The van der Waals surface area contributed by atoms with Crippen molar-refractivity contribution in [3.05, 3.63) is 11.3 Å². The van der Waals surface area contributed by atoms with E-state index in [1.165, 1.54) is 30.5 Å². The lowest BCUT2D eigenvalue weighted by Gasteiger charge is -2.10. The monoisotopic (exact) mass is 220 g/mol. The molecule has 16 heavy (non-hydrogen) atoms. The lowest BCUT2D eigenvalue weighted by Crippen LogP contribution is -1.95. The minimum Gasteiger partial charge on any atom is -0.192 e. The second-order valence-corrected chi connectivity index (χ2v) is 5.75. The molecule has 0 aromatic heterocycles. The van der Waals surface area contributed by atoms with Crippen LogP contribution in [0.4, 0.5) is 0 Å². The maximum Gasteiger partial charge on any atom is 0.0615 e. The van der Waals surface area contributed by atoms with Gasteiger partial charge < -0.3 is 0 Å². The number of hydrogen-bond acceptors (Lipinski definition) is 2. The molecule has 0 N–H and O–H groups in total. The van der Waals surface area contributed by atoms with E-state index in [1.54, 1.807) is 7.05 Å². The summed E-state index contributed by atoms with van der Waals surface area (Å²) in [6, 6.07) is 0. The summed E-state index contributed by atoms with van der Waals surface area (Å²) in [4.78, 5) is 0. The normalized spacial score (nSPS) is 39.7. The van der Waals surface area contributed by atoms with E-state index < -0.39 is 0 Å². The van der Waals surface area contributed by atoms with Crippen molar-refractivity contribution < 1.29 is 0 Å². The molecule has 3 unspecified atom stereocenters. The molecule has 0 aromatic carbocycles. The second kappa shape index (κ2) is 4.68. The van der Waals surface area contributed by atoms with Gasteiger partial charge in [-0.05, 0) is 61.9 Å². The first-order chi connectivity index (χ1) is 7.65. The van der Waals surface area contributed by atoms with Crippen LogP contribution in [0.15, 0.2) is 21.5 Å². The topological polar surface area (TPSA) is 24.7 Å². The van der Waals surface area contributed by atoms with Crippen LogP contribution >= 0.6 is 0 Å². The largest absolute Gasteiger partial charge is 0.192 e. The van der Waals surface area contributed by atoms with Gasteiger partial charge in [0, 0.05) is 7.05 Å². The van der Waals surface area contributed by atoms with E-state index in [2.05, 4.69) is 31.0 Å². The molecule has 0 aliphatic heterocycles. The Balaban J connectivity index is 2.03. The van der Waals surface area contributed by atoms with Crippen molar-refractivity contribution in [2.75, 3.05) is 7.05 Å². The van der Waals surface area contributed by atoms with E-state index in [1.807, 2.05) is 0 Å². The van der Waals surface area contributed by atoms with Gasteiger partial charge in [0.1, 0.15) is 0 Å². The zero-order valence-electron chi connectivity index (χ0n) is 11.0. The standard InChI is InChI=1S/C14H24N2/c1-9(2)14-11-6-5-10(3)13(16-15-4)8-7-12(11)14/h9,11-12,14H,5-8H2,1-4H3/b13-10+,16-15?. The molecule has 2 rings (SSSR count). The summed E-state index contributed by atoms with van der Waals surface area (Å²) in [6.07, 6.45) is 5.09. The Labute approximate surface area is 99.2 Å². The predicted octanol–water partition coefficient (Wildman–Crippen LogP) is 4.43. The molecule has 0 radical (unpaired) electrons. The van der Waals surface area contributed by atoms with Gasteiger partial charge in [0.15, 0.2) is 0 Å². The molecule has 0 saturated heterocycles. The summed E-state index contributed by atoms with van der Waals surface area (Å²) in [5.41, 5.74) is 2.73. The van der Waals surface area contributed by atoms with Crippen LogP contribution in [-0.2, 0) is 0 Å². The minimum atomic E-state index is 0.865. The third kappa shape index (κ3) is 2.21. The first-order valence-corrected chi connectivity index (χ1v) is 6.63. The fraction of sp³-hybridized carbons (Fsp3) is 0.857. The smallest absolute Gasteiger partial charge is 0.0615 e. The molecular formula is C14H24N2. The molecule has 2 aliphatic rings. The predicted molar refractivity (Wildman–Crippen MR) is 67.3 cm³/mol. The van der Waals surface area contributed by atoms with Gasteiger partial charge in [-0.2, -0.15) is 10.2 Å². The number of hydrogen-bond donors (Lipinski definition) is 0. The highest BCUT2D eigenvalue weighted by Gasteiger charge is 2.50. The summed E-state index contributed by atoms with van der Waals surface area (Å²) in [5.74, 6) is 3.85. The van der Waals surface area contributed by atoms with Crippen LogP contribution < -0.4 is 0 Å². The SMILES string of the molecule is CN=N/C1=C(\C)CCC2C(CC1)C2C(C)C. The van der Waals surface area contributed by atoms with Crippen LogP contribution in [0.25, 0.3) is 0 Å². The highest BCUT2D eigenvalue weighted by Crippen LogP contribution is 2.57. The Morgan fingerprint density at radius 3 is 2.31 bits per heavy atom. The lowest BCUT2D eigenvalue weighted by molar-refractivity contribution is 0.490. The molecular weight excluding hydrogens is 196 g/mol. The summed E-state index contributed by atoms with van der Waals surface area (Å²) in [5, 5.41) is 8.24. The van der Waals surface area contributed by atoms with Crippen LogP contribution in [0.2, 0.25) is 0 Å². The van der Waals surface area contributed by atoms with Gasteiger partial charge in [0.2, 0.25) is 0 Å². The molecule has 2 aliphatic carbocycles. The summed E-state index contributed by atoms with van der Waals surface area (Å²) in [7, 11) is 1.77. The number of rotatable bonds is 2. The van der Waals surface area contributed by atoms with Crippen molar-refractivity contribution in [1.82, 2.24) is 0 Å². The van der Waals surface area contributed by atoms with Crippen LogP contribution in [0, 0.1) is 23.7 Å². The molecule has 90 valence electrons. The van der Waals surface area contributed by atoms with Gasteiger partial charge in [-0.3, -0.25) is 0 Å². The number of fused-ring (bicyclic) bond motifs is 1. The Morgan fingerprint density at radius 1 is 1.12 bits per heavy atom. The molecule has 2 nitrogen and oxygen atoms in total. The highest BCUT2D eigenvalue weighted by molar-refractivity contribution is 5.14. The van der Waals surface area contributed by atoms with Gasteiger partial charge in [-0.25, -0.2) is 0 Å². The summed E-state index contributed by atoms with van der Waals surface area (Å²) >= 11 is 0. The van der Waals surface area contributed by atoms with Gasteiger partial charge >= 0.3 is 0 Å². The molecule has 0 bridgehead atoms. The van der Waals surface area contributed by atoms with E-state index in [0.717, 1.165) is 30.1 Å². The van der Waals surface area contributed by atoms with E-state index in [9.17, 15) is 0 Å². The third-order valence-electron chi connectivity index (χ3n) is 4.45. The molecule has 2 heteroatoms. The quantitative estimate of drug-likeness (QED) is 0.615. The van der Waals surface area contributed by atoms with Gasteiger partial charge in [0.05, 0.1) is 5.70 Å². The van der Waals surface area contributed by atoms with Gasteiger partial charge in [0.25, 0.3) is 0 Å². The first kappa shape index (κ1) is 11.8. The molecule has 3 atom stereocenters. The maximum absolute atomic E-state index is 4.29. The Morgan fingerprint density at radius 2 is 1.75 bits per heavy atom. The first-order valence-electron chi connectivity index (χ1n) is 6.63. The number of allylic oxidation sites excluding steroid dienone is 2. The van der Waals surface area contributed by atoms with E-state index in [0.29, 0.717) is 0 Å². The van der Waals surface area contributed by atoms with Gasteiger partial charge in [-0.1, -0.05) is 13.8 Å². The lowest BCUT2D eigenvalue weighted by atomic mass is 9.99. The van der Waals surface area contributed by atoms with Crippen LogP contribution in [-0.4, -0.2) is 7.05 Å².